The number of thiophene rings is 1. The third kappa shape index (κ3) is 3.69. The van der Waals surface area contributed by atoms with Crippen molar-refractivity contribution in [1.29, 1.82) is 5.26 Å². The summed E-state index contributed by atoms with van der Waals surface area (Å²) in [5.74, 6) is 1.47. The number of carbonyl (C=O) groups is 1. The molecule has 2 bridgehead atoms. The number of hydrogen-bond acceptors (Lipinski definition) is 6. The Morgan fingerprint density at radius 1 is 1.31 bits per heavy atom. The maximum atomic E-state index is 12.8. The first-order valence-corrected chi connectivity index (χ1v) is 12.0. The molecular formula is C25H27N5OS. The molecule has 3 N–H and O–H groups in total. The van der Waals surface area contributed by atoms with Crippen molar-refractivity contribution in [2.24, 2.45) is 11.8 Å². The van der Waals surface area contributed by atoms with Crippen LogP contribution in [0.25, 0.3) is 10.2 Å². The normalized spacial score (nSPS) is 20.5. The van der Waals surface area contributed by atoms with Crippen LogP contribution in [0.3, 0.4) is 0 Å². The smallest absolute Gasteiger partial charge is 0.263 e. The maximum Gasteiger partial charge on any atom is 0.263 e. The number of hydrogen-bond donors (Lipinski definition) is 2. The third-order valence-electron chi connectivity index (χ3n) is 6.85. The van der Waals surface area contributed by atoms with E-state index in [1.165, 1.54) is 24.2 Å². The van der Waals surface area contributed by atoms with Crippen LogP contribution in [0, 0.1) is 30.1 Å². The molecule has 2 saturated heterocycles. The van der Waals surface area contributed by atoms with Crippen LogP contribution in [0.2, 0.25) is 0 Å². The Bertz CT molecular complexity index is 1230. The monoisotopic (exact) mass is 445 g/mol. The van der Waals surface area contributed by atoms with Gasteiger partial charge in [-0.15, -0.1) is 11.3 Å². The standard InChI is InChI=1S/C25H27N5OS/c1-14(11-28-24(31)23-22(27)20-5-3-15(2)29-25(20)32-23)18-4-6-21(19(9-18)10-26)30-12-16-7-17(8-16)13-30/h3-6,9,14,16-17H,7-8,11-13,27H2,1-2H3,(H,28,31)/t14-,16?,17?/m1/s1. The molecule has 0 radical (unpaired) electrons. The highest BCUT2D eigenvalue weighted by Crippen LogP contribution is 2.42. The van der Waals surface area contributed by atoms with Crippen LogP contribution in [0.5, 0.6) is 0 Å². The van der Waals surface area contributed by atoms with Crippen LogP contribution in [0.4, 0.5) is 11.4 Å². The van der Waals surface area contributed by atoms with E-state index in [1.807, 2.05) is 25.1 Å². The number of nitrogens with one attached hydrogen (secondary N) is 1. The fraction of sp³-hybridized carbons (Fsp3) is 0.400. The molecule has 7 heteroatoms. The lowest BCUT2D eigenvalue weighted by Gasteiger charge is -2.48. The van der Waals surface area contributed by atoms with Gasteiger partial charge in [-0.1, -0.05) is 13.0 Å². The lowest BCUT2D eigenvalue weighted by molar-refractivity contribution is 0.0956. The summed E-state index contributed by atoms with van der Waals surface area (Å²) >= 11 is 1.32. The summed E-state index contributed by atoms with van der Waals surface area (Å²) < 4.78 is 0. The molecular weight excluding hydrogens is 418 g/mol. The number of fused-ring (bicyclic) bond motifs is 3. The number of nitriles is 1. The quantitative estimate of drug-likeness (QED) is 0.605. The van der Waals surface area contributed by atoms with E-state index in [2.05, 4.69) is 40.3 Å². The molecule has 4 heterocycles. The number of nitrogens with two attached hydrogens (primary N) is 1. The second kappa shape index (κ2) is 8.10. The Labute approximate surface area is 192 Å². The molecule has 0 spiro atoms. The Kier molecular flexibility index (Phi) is 5.26. The lowest BCUT2D eigenvalue weighted by Crippen LogP contribution is -2.48. The van der Waals surface area contributed by atoms with Gasteiger partial charge in [0.1, 0.15) is 15.8 Å². The van der Waals surface area contributed by atoms with Crippen LogP contribution in [-0.2, 0) is 0 Å². The molecule has 6 nitrogen and oxygen atoms in total. The van der Waals surface area contributed by atoms with Crippen molar-refractivity contribution in [2.75, 3.05) is 30.3 Å². The highest BCUT2D eigenvalue weighted by atomic mass is 32.1. The molecule has 3 aliphatic rings. The Hall–Kier alpha value is -3.11. The summed E-state index contributed by atoms with van der Waals surface area (Å²) in [4.78, 5) is 20.9. The summed E-state index contributed by atoms with van der Waals surface area (Å²) in [6.07, 6.45) is 2.68. The molecule has 1 aliphatic carbocycles. The fourth-order valence-electron chi connectivity index (χ4n) is 4.99. The third-order valence-corrected chi connectivity index (χ3v) is 7.96. The van der Waals surface area contributed by atoms with E-state index in [9.17, 15) is 10.1 Å². The average molecular weight is 446 g/mol. The first-order valence-electron chi connectivity index (χ1n) is 11.2. The molecule has 1 aromatic carbocycles. The Balaban J connectivity index is 1.28. The summed E-state index contributed by atoms with van der Waals surface area (Å²) in [6, 6.07) is 12.4. The summed E-state index contributed by atoms with van der Waals surface area (Å²) in [5, 5.41) is 13.6. The van der Waals surface area contributed by atoms with Crippen molar-refractivity contribution < 1.29 is 4.79 Å². The number of pyridine rings is 1. The zero-order chi connectivity index (χ0) is 22.4. The van der Waals surface area contributed by atoms with Gasteiger partial charge < -0.3 is 16.0 Å². The minimum atomic E-state index is -0.181. The Morgan fingerprint density at radius 3 is 2.78 bits per heavy atom. The summed E-state index contributed by atoms with van der Waals surface area (Å²) in [5.41, 5.74) is 10.4. The van der Waals surface area contributed by atoms with Crippen molar-refractivity contribution in [3.8, 4) is 6.07 Å². The van der Waals surface area contributed by atoms with E-state index >= 15 is 0 Å². The van der Waals surface area contributed by atoms with E-state index in [4.69, 9.17) is 5.73 Å². The molecule has 2 aromatic heterocycles. The number of piperidine rings is 2. The minimum absolute atomic E-state index is 0.0748. The topological polar surface area (TPSA) is 95.0 Å². The number of anilines is 2. The second-order valence-corrected chi connectivity index (χ2v) is 10.3. The van der Waals surface area contributed by atoms with Gasteiger partial charge in [0.15, 0.2) is 0 Å². The van der Waals surface area contributed by atoms with Crippen molar-refractivity contribution in [1.82, 2.24) is 10.3 Å². The maximum absolute atomic E-state index is 12.8. The van der Waals surface area contributed by atoms with E-state index in [1.54, 1.807) is 0 Å². The molecule has 3 aromatic rings. The molecule has 1 amide bonds. The van der Waals surface area contributed by atoms with Crippen LogP contribution < -0.4 is 16.0 Å². The zero-order valence-electron chi connectivity index (χ0n) is 18.4. The lowest BCUT2D eigenvalue weighted by atomic mass is 9.71. The number of nitrogen functional groups attached to an aromatic ring is 1. The molecule has 1 atom stereocenters. The minimum Gasteiger partial charge on any atom is -0.397 e. The molecule has 164 valence electrons. The van der Waals surface area contributed by atoms with E-state index in [0.717, 1.165) is 57.7 Å². The van der Waals surface area contributed by atoms with Crippen LogP contribution in [0.1, 0.15) is 52.2 Å². The summed E-state index contributed by atoms with van der Waals surface area (Å²) in [6.45, 7) is 6.57. The van der Waals surface area contributed by atoms with Gasteiger partial charge in [0.25, 0.3) is 5.91 Å². The molecule has 6 rings (SSSR count). The highest BCUT2D eigenvalue weighted by Gasteiger charge is 2.37. The SMILES string of the molecule is Cc1ccc2c(N)c(C(=O)NC[C@@H](C)c3ccc(N4CC5CC(C5)C4)c(C#N)c3)sc2n1. The van der Waals surface area contributed by atoms with Gasteiger partial charge >= 0.3 is 0 Å². The predicted molar refractivity (Wildman–Crippen MR) is 129 cm³/mol. The average Bonchev–Trinajstić information content (AvgIpc) is 3.11. The van der Waals surface area contributed by atoms with Crippen molar-refractivity contribution in [2.45, 2.75) is 32.6 Å². The number of nitrogens with zero attached hydrogens (tertiary/aromatic N) is 3. The van der Waals surface area contributed by atoms with Gasteiger partial charge in [-0.3, -0.25) is 4.79 Å². The van der Waals surface area contributed by atoms with Crippen LogP contribution >= 0.6 is 11.3 Å². The summed E-state index contributed by atoms with van der Waals surface area (Å²) in [7, 11) is 0. The molecule has 0 unspecified atom stereocenters. The predicted octanol–water partition coefficient (Wildman–Crippen LogP) is 4.44. The second-order valence-electron chi connectivity index (χ2n) is 9.26. The van der Waals surface area contributed by atoms with Crippen molar-refractivity contribution in [3.63, 3.8) is 0 Å². The number of rotatable bonds is 5. The first kappa shape index (κ1) is 20.8. The van der Waals surface area contributed by atoms with Gasteiger partial charge in [-0.25, -0.2) is 4.98 Å². The zero-order valence-corrected chi connectivity index (χ0v) is 19.2. The molecule has 2 aliphatic heterocycles. The van der Waals surface area contributed by atoms with Crippen molar-refractivity contribution in [3.05, 3.63) is 52.0 Å². The number of benzene rings is 1. The first-order chi connectivity index (χ1) is 15.4. The van der Waals surface area contributed by atoms with E-state index in [-0.39, 0.29) is 11.8 Å². The van der Waals surface area contributed by atoms with Gasteiger partial charge in [0.05, 0.1) is 16.9 Å². The molecule has 3 fully saturated rings. The van der Waals surface area contributed by atoms with Gasteiger partial charge in [-0.05, 0) is 67.3 Å². The van der Waals surface area contributed by atoms with E-state index < -0.39 is 0 Å². The van der Waals surface area contributed by atoms with Crippen LogP contribution in [0.15, 0.2) is 30.3 Å². The van der Waals surface area contributed by atoms with Gasteiger partial charge in [0.2, 0.25) is 0 Å². The van der Waals surface area contributed by atoms with Crippen LogP contribution in [-0.4, -0.2) is 30.5 Å². The highest BCUT2D eigenvalue weighted by molar-refractivity contribution is 7.21. The Morgan fingerprint density at radius 2 is 2.06 bits per heavy atom. The largest absolute Gasteiger partial charge is 0.397 e. The van der Waals surface area contributed by atoms with Gasteiger partial charge in [-0.2, -0.15) is 5.26 Å². The van der Waals surface area contributed by atoms with E-state index in [0.29, 0.717) is 17.1 Å². The number of amides is 1. The number of aryl methyl sites for hydroxylation is 1. The van der Waals surface area contributed by atoms with Crippen molar-refractivity contribution >= 4 is 38.8 Å². The fourth-order valence-corrected chi connectivity index (χ4v) is 6.05. The number of carbonyl (C=O) groups excluding carboxylic acids is 1. The molecule has 32 heavy (non-hydrogen) atoms. The van der Waals surface area contributed by atoms with Gasteiger partial charge in [0, 0.05) is 30.7 Å². The number of aromatic nitrogens is 1. The molecule has 1 saturated carbocycles.